The molecule has 2 N–H and O–H groups in total. The number of benzene rings is 1. The second kappa shape index (κ2) is 7.38. The summed E-state index contributed by atoms with van der Waals surface area (Å²) in [5, 5.41) is 0. The van der Waals surface area contributed by atoms with Crippen LogP contribution in [0.25, 0.3) is 0 Å². The number of rotatable bonds is 6. The van der Waals surface area contributed by atoms with Crippen LogP contribution in [-0.4, -0.2) is 23.0 Å². The summed E-state index contributed by atoms with van der Waals surface area (Å²) in [4.78, 5) is 6.39. The van der Waals surface area contributed by atoms with Gasteiger partial charge in [-0.05, 0) is 35.4 Å². The predicted molar refractivity (Wildman–Crippen MR) is 81.5 cm³/mol. The lowest BCUT2D eigenvalue weighted by Gasteiger charge is -2.21. The van der Waals surface area contributed by atoms with Crippen molar-refractivity contribution < 1.29 is 0 Å². The van der Waals surface area contributed by atoms with E-state index in [1.807, 2.05) is 30.6 Å². The number of halogens is 1. The van der Waals surface area contributed by atoms with Crippen LogP contribution in [0.2, 0.25) is 0 Å². The molecule has 4 heteroatoms. The Morgan fingerprint density at radius 2 is 1.79 bits per heavy atom. The fraction of sp³-hybridized carbons (Fsp3) is 0.267. The van der Waals surface area contributed by atoms with Gasteiger partial charge in [-0.25, -0.2) is 0 Å². The Hall–Kier alpha value is -1.23. The number of hydrogen-bond acceptors (Lipinski definition) is 3. The van der Waals surface area contributed by atoms with Gasteiger partial charge in [-0.2, -0.15) is 0 Å². The summed E-state index contributed by atoms with van der Waals surface area (Å²) in [6.07, 6.45) is 3.66. The van der Waals surface area contributed by atoms with E-state index in [0.717, 1.165) is 24.1 Å². The molecule has 0 spiro atoms. The minimum Gasteiger partial charge on any atom is -0.329 e. The Bertz CT molecular complexity index is 502. The van der Waals surface area contributed by atoms with Gasteiger partial charge in [-0.3, -0.25) is 9.88 Å². The highest BCUT2D eigenvalue weighted by Gasteiger charge is 2.06. The molecule has 0 aliphatic heterocycles. The van der Waals surface area contributed by atoms with Crippen LogP contribution in [0, 0.1) is 0 Å². The fourth-order valence-corrected chi connectivity index (χ4v) is 2.48. The van der Waals surface area contributed by atoms with Crippen molar-refractivity contribution in [3.63, 3.8) is 0 Å². The largest absolute Gasteiger partial charge is 0.329 e. The van der Waals surface area contributed by atoms with Gasteiger partial charge >= 0.3 is 0 Å². The molecule has 1 aromatic carbocycles. The van der Waals surface area contributed by atoms with E-state index in [-0.39, 0.29) is 0 Å². The molecule has 1 heterocycles. The molecule has 1 aromatic heterocycles. The molecule has 2 aromatic rings. The Morgan fingerprint density at radius 3 is 2.47 bits per heavy atom. The number of nitrogens with zero attached hydrogens (tertiary/aromatic N) is 2. The maximum Gasteiger partial charge on any atom is 0.0271 e. The minimum atomic E-state index is 0.666. The first-order chi connectivity index (χ1) is 9.28. The molecule has 2 rings (SSSR count). The molecule has 0 fully saturated rings. The normalized spacial score (nSPS) is 10.9. The lowest BCUT2D eigenvalue weighted by atomic mass is 10.2. The van der Waals surface area contributed by atoms with Gasteiger partial charge in [0, 0.05) is 43.0 Å². The Kier molecular flexibility index (Phi) is 5.51. The molecule has 0 radical (unpaired) electrons. The van der Waals surface area contributed by atoms with Crippen molar-refractivity contribution in [2.24, 2.45) is 5.73 Å². The first-order valence-electron chi connectivity index (χ1n) is 6.33. The van der Waals surface area contributed by atoms with E-state index in [1.165, 1.54) is 11.1 Å². The second-order valence-corrected chi connectivity index (χ2v) is 5.40. The van der Waals surface area contributed by atoms with E-state index < -0.39 is 0 Å². The Balaban J connectivity index is 2.04. The van der Waals surface area contributed by atoms with Gasteiger partial charge in [0.1, 0.15) is 0 Å². The first kappa shape index (κ1) is 14.2. The average Bonchev–Trinajstić information content (AvgIpc) is 2.40. The Morgan fingerprint density at radius 1 is 1.05 bits per heavy atom. The number of hydrogen-bond donors (Lipinski definition) is 1. The summed E-state index contributed by atoms with van der Waals surface area (Å²) in [6.45, 7) is 3.35. The predicted octanol–water partition coefficient (Wildman–Crippen LogP) is 2.81. The summed E-state index contributed by atoms with van der Waals surface area (Å²) in [6, 6.07) is 12.5. The topological polar surface area (TPSA) is 42.1 Å². The molecule has 3 nitrogen and oxygen atoms in total. The van der Waals surface area contributed by atoms with Crippen molar-refractivity contribution in [2.45, 2.75) is 13.1 Å². The summed E-state index contributed by atoms with van der Waals surface area (Å²) in [7, 11) is 0. The van der Waals surface area contributed by atoms with E-state index in [9.17, 15) is 0 Å². The molecule has 100 valence electrons. The van der Waals surface area contributed by atoms with Crippen LogP contribution < -0.4 is 5.73 Å². The fourth-order valence-electron chi connectivity index (χ4n) is 2.04. The molecule has 0 amide bonds. The third kappa shape index (κ3) is 4.74. The van der Waals surface area contributed by atoms with Crippen LogP contribution in [-0.2, 0) is 13.1 Å². The molecule has 0 saturated heterocycles. The van der Waals surface area contributed by atoms with Gasteiger partial charge in [0.2, 0.25) is 0 Å². The molecule has 0 aliphatic carbocycles. The zero-order valence-corrected chi connectivity index (χ0v) is 12.4. The molecule has 0 bridgehead atoms. The van der Waals surface area contributed by atoms with Crippen molar-refractivity contribution in [2.75, 3.05) is 13.1 Å². The second-order valence-electron chi connectivity index (χ2n) is 4.48. The highest BCUT2D eigenvalue weighted by Crippen LogP contribution is 2.14. The summed E-state index contributed by atoms with van der Waals surface area (Å²) in [5.74, 6) is 0. The maximum absolute atomic E-state index is 5.70. The van der Waals surface area contributed by atoms with E-state index in [4.69, 9.17) is 5.73 Å². The van der Waals surface area contributed by atoms with E-state index in [1.54, 1.807) is 0 Å². The SMILES string of the molecule is NCCN(Cc1ccncc1)Cc1cccc(Br)c1. The van der Waals surface area contributed by atoms with Crippen LogP contribution in [0.4, 0.5) is 0 Å². The quantitative estimate of drug-likeness (QED) is 0.890. The van der Waals surface area contributed by atoms with Crippen molar-refractivity contribution in [1.82, 2.24) is 9.88 Å². The highest BCUT2D eigenvalue weighted by atomic mass is 79.9. The first-order valence-corrected chi connectivity index (χ1v) is 7.13. The van der Waals surface area contributed by atoms with Gasteiger partial charge in [0.05, 0.1) is 0 Å². The highest BCUT2D eigenvalue weighted by molar-refractivity contribution is 9.10. The number of aromatic nitrogens is 1. The molecule has 0 atom stereocenters. The van der Waals surface area contributed by atoms with Crippen molar-refractivity contribution in [1.29, 1.82) is 0 Å². The third-order valence-corrected chi connectivity index (χ3v) is 3.39. The van der Waals surface area contributed by atoms with Crippen LogP contribution in [0.3, 0.4) is 0 Å². The van der Waals surface area contributed by atoms with Crippen molar-refractivity contribution in [3.8, 4) is 0 Å². The zero-order valence-electron chi connectivity index (χ0n) is 10.8. The van der Waals surface area contributed by atoms with Gasteiger partial charge in [-0.1, -0.05) is 28.1 Å². The zero-order chi connectivity index (χ0) is 13.5. The average molecular weight is 320 g/mol. The van der Waals surface area contributed by atoms with Crippen LogP contribution in [0.15, 0.2) is 53.3 Å². The Labute approximate surface area is 122 Å². The van der Waals surface area contributed by atoms with Gasteiger partial charge < -0.3 is 5.73 Å². The van der Waals surface area contributed by atoms with Gasteiger partial charge in [0.25, 0.3) is 0 Å². The van der Waals surface area contributed by atoms with Crippen LogP contribution in [0.5, 0.6) is 0 Å². The van der Waals surface area contributed by atoms with Gasteiger partial charge in [0.15, 0.2) is 0 Å². The van der Waals surface area contributed by atoms with Crippen molar-refractivity contribution >= 4 is 15.9 Å². The van der Waals surface area contributed by atoms with Crippen LogP contribution in [0.1, 0.15) is 11.1 Å². The third-order valence-electron chi connectivity index (χ3n) is 2.90. The van der Waals surface area contributed by atoms with E-state index >= 15 is 0 Å². The van der Waals surface area contributed by atoms with Crippen LogP contribution >= 0.6 is 15.9 Å². The minimum absolute atomic E-state index is 0.666. The maximum atomic E-state index is 5.70. The molecule has 0 aliphatic rings. The summed E-state index contributed by atoms with van der Waals surface area (Å²) in [5.41, 5.74) is 8.25. The monoisotopic (exact) mass is 319 g/mol. The number of pyridine rings is 1. The standard InChI is InChI=1S/C15H18BrN3/c16-15-3-1-2-14(10-15)12-19(9-6-17)11-13-4-7-18-8-5-13/h1-5,7-8,10H,6,9,11-12,17H2. The molecule has 19 heavy (non-hydrogen) atoms. The molecular weight excluding hydrogens is 302 g/mol. The summed E-state index contributed by atoms with van der Waals surface area (Å²) >= 11 is 3.51. The van der Waals surface area contributed by atoms with E-state index in [2.05, 4.69) is 44.0 Å². The molecule has 0 saturated carbocycles. The molecular formula is C15H18BrN3. The summed E-state index contributed by atoms with van der Waals surface area (Å²) < 4.78 is 1.11. The van der Waals surface area contributed by atoms with Gasteiger partial charge in [-0.15, -0.1) is 0 Å². The number of nitrogens with two attached hydrogens (primary N) is 1. The smallest absolute Gasteiger partial charge is 0.0271 e. The molecule has 0 unspecified atom stereocenters. The van der Waals surface area contributed by atoms with E-state index in [0.29, 0.717) is 6.54 Å². The lowest BCUT2D eigenvalue weighted by molar-refractivity contribution is 0.264. The van der Waals surface area contributed by atoms with Crippen molar-refractivity contribution in [3.05, 3.63) is 64.4 Å². The lowest BCUT2D eigenvalue weighted by Crippen LogP contribution is -2.28.